The van der Waals surface area contributed by atoms with Gasteiger partial charge in [-0.3, -0.25) is 4.90 Å². The molecule has 10 heteroatoms. The summed E-state index contributed by atoms with van der Waals surface area (Å²) < 4.78 is 50.9. The van der Waals surface area contributed by atoms with Crippen LogP contribution in [0.4, 0.5) is 4.39 Å². The van der Waals surface area contributed by atoms with E-state index >= 15 is 0 Å². The summed E-state index contributed by atoms with van der Waals surface area (Å²) in [7, 11) is -3.87. The number of benzene rings is 3. The van der Waals surface area contributed by atoms with E-state index in [1.165, 1.54) is 42.5 Å². The molecule has 1 aliphatic rings. The molecule has 0 radical (unpaired) electrons. The maximum Gasteiger partial charge on any atom is 0.341 e. The molecule has 39 heavy (non-hydrogen) atoms. The van der Waals surface area contributed by atoms with Gasteiger partial charge in [-0.1, -0.05) is 18.2 Å². The van der Waals surface area contributed by atoms with Gasteiger partial charge in [0.05, 0.1) is 29.5 Å². The molecule has 4 rings (SSSR count). The van der Waals surface area contributed by atoms with E-state index in [-0.39, 0.29) is 51.9 Å². The van der Waals surface area contributed by atoms with Crippen LogP contribution in [0.2, 0.25) is 0 Å². The van der Waals surface area contributed by atoms with Crippen LogP contribution < -0.4 is 0 Å². The van der Waals surface area contributed by atoms with Crippen molar-refractivity contribution in [1.29, 1.82) is 0 Å². The molecule has 0 spiro atoms. The SMILES string of the molecule is CC1CN(CCCOC(=O)c2ccc(CS(=O)(=O)c3cccc(-c4cc(F)ccc4O)c3)cc2O)CC(C)O1. The minimum Gasteiger partial charge on any atom is -0.507 e. The maximum atomic E-state index is 13.7. The van der Waals surface area contributed by atoms with Gasteiger partial charge in [0.1, 0.15) is 22.9 Å². The Balaban J connectivity index is 1.37. The molecule has 1 saturated heterocycles. The van der Waals surface area contributed by atoms with Crippen LogP contribution in [-0.4, -0.2) is 67.9 Å². The van der Waals surface area contributed by atoms with Crippen LogP contribution >= 0.6 is 0 Å². The second-order valence-corrected chi connectivity index (χ2v) is 11.8. The molecule has 1 fully saturated rings. The summed E-state index contributed by atoms with van der Waals surface area (Å²) >= 11 is 0. The number of hydrogen-bond donors (Lipinski definition) is 2. The number of aromatic hydroxyl groups is 2. The van der Waals surface area contributed by atoms with Crippen molar-refractivity contribution in [1.82, 2.24) is 4.90 Å². The van der Waals surface area contributed by atoms with E-state index < -0.39 is 27.4 Å². The number of carbonyl (C=O) groups excluding carboxylic acids is 1. The predicted molar refractivity (Wildman–Crippen MR) is 144 cm³/mol. The molecule has 0 aromatic heterocycles. The van der Waals surface area contributed by atoms with Gasteiger partial charge in [-0.15, -0.1) is 0 Å². The topological polar surface area (TPSA) is 113 Å². The number of ether oxygens (including phenoxy) is 2. The van der Waals surface area contributed by atoms with Gasteiger partial charge in [0.2, 0.25) is 0 Å². The van der Waals surface area contributed by atoms with Crippen LogP contribution in [0.3, 0.4) is 0 Å². The lowest BCUT2D eigenvalue weighted by Gasteiger charge is -2.35. The molecule has 0 saturated carbocycles. The molecule has 3 aromatic carbocycles. The third-order valence-corrected chi connectivity index (χ3v) is 8.13. The Kier molecular flexibility index (Phi) is 8.89. The van der Waals surface area contributed by atoms with Gasteiger partial charge in [-0.2, -0.15) is 0 Å². The van der Waals surface area contributed by atoms with Crippen molar-refractivity contribution in [2.24, 2.45) is 0 Å². The first-order valence-electron chi connectivity index (χ1n) is 12.7. The molecule has 2 N–H and O–H groups in total. The number of phenols is 2. The van der Waals surface area contributed by atoms with Crippen molar-refractivity contribution >= 4 is 15.8 Å². The number of nitrogens with zero attached hydrogens (tertiary/aromatic N) is 1. The van der Waals surface area contributed by atoms with Crippen molar-refractivity contribution in [3.63, 3.8) is 0 Å². The summed E-state index contributed by atoms with van der Waals surface area (Å²) in [5.74, 6) is -2.24. The quantitative estimate of drug-likeness (QED) is 0.291. The lowest BCUT2D eigenvalue weighted by molar-refractivity contribution is -0.0689. The summed E-state index contributed by atoms with van der Waals surface area (Å²) in [6.07, 6.45) is 0.942. The molecule has 1 heterocycles. The number of phenolic OH excluding ortho intramolecular Hbond substituents is 2. The minimum absolute atomic E-state index is 0.0318. The molecule has 8 nitrogen and oxygen atoms in total. The number of rotatable bonds is 9. The number of morpholine rings is 1. The summed E-state index contributed by atoms with van der Waals surface area (Å²) in [6, 6.07) is 13.3. The van der Waals surface area contributed by atoms with Gasteiger partial charge in [-0.25, -0.2) is 17.6 Å². The molecule has 2 atom stereocenters. The highest BCUT2D eigenvalue weighted by Crippen LogP contribution is 2.32. The monoisotopic (exact) mass is 557 g/mol. The van der Waals surface area contributed by atoms with Crippen LogP contribution in [0.1, 0.15) is 36.2 Å². The molecular weight excluding hydrogens is 525 g/mol. The Morgan fingerprint density at radius 3 is 2.49 bits per heavy atom. The fourth-order valence-corrected chi connectivity index (χ4v) is 6.11. The lowest BCUT2D eigenvalue weighted by Crippen LogP contribution is -2.45. The van der Waals surface area contributed by atoms with Crippen LogP contribution in [0, 0.1) is 5.82 Å². The van der Waals surface area contributed by atoms with E-state index in [0.717, 1.165) is 31.8 Å². The van der Waals surface area contributed by atoms with Crippen molar-refractivity contribution in [3.8, 4) is 22.6 Å². The number of sulfone groups is 1. The Morgan fingerprint density at radius 1 is 1.03 bits per heavy atom. The minimum atomic E-state index is -3.87. The Bertz CT molecular complexity index is 1430. The zero-order valence-electron chi connectivity index (χ0n) is 21.8. The first-order valence-corrected chi connectivity index (χ1v) is 14.4. The number of esters is 1. The molecule has 0 amide bonds. The van der Waals surface area contributed by atoms with E-state index in [1.54, 1.807) is 6.07 Å². The highest BCUT2D eigenvalue weighted by atomic mass is 32.2. The van der Waals surface area contributed by atoms with Crippen molar-refractivity contribution in [2.45, 2.75) is 43.1 Å². The Labute approximate surface area is 227 Å². The maximum absolute atomic E-state index is 13.7. The van der Waals surface area contributed by atoms with E-state index in [0.29, 0.717) is 12.0 Å². The zero-order chi connectivity index (χ0) is 28.2. The van der Waals surface area contributed by atoms with Crippen LogP contribution in [0.5, 0.6) is 11.5 Å². The van der Waals surface area contributed by atoms with E-state index in [9.17, 15) is 27.8 Å². The summed E-state index contributed by atoms with van der Waals surface area (Å²) in [4.78, 5) is 14.7. The molecular formula is C29H32FNO7S. The predicted octanol–water partition coefficient (Wildman–Crippen LogP) is 4.53. The highest BCUT2D eigenvalue weighted by molar-refractivity contribution is 7.90. The van der Waals surface area contributed by atoms with Crippen molar-refractivity contribution in [3.05, 3.63) is 77.6 Å². The summed E-state index contributed by atoms with van der Waals surface area (Å²) in [6.45, 7) is 6.63. The second-order valence-electron chi connectivity index (χ2n) is 9.81. The average Bonchev–Trinajstić information content (AvgIpc) is 2.87. The normalized spacial score (nSPS) is 18.1. The number of halogens is 1. The zero-order valence-corrected chi connectivity index (χ0v) is 22.7. The molecule has 2 unspecified atom stereocenters. The standard InChI is InChI=1S/C29H32FNO7S/c1-19-16-31(17-20(2)38-19)11-4-12-37-29(34)25-9-7-21(13-28(25)33)18-39(35,36)24-6-3-5-22(14-24)26-15-23(30)8-10-27(26)32/h3,5-10,13-15,19-20,32-33H,4,11-12,16-18H2,1-2H3. The van der Waals surface area contributed by atoms with Crippen molar-refractivity contribution in [2.75, 3.05) is 26.2 Å². The van der Waals surface area contributed by atoms with Crippen LogP contribution in [-0.2, 0) is 25.1 Å². The molecule has 0 aliphatic carbocycles. The Morgan fingerprint density at radius 2 is 1.77 bits per heavy atom. The third kappa shape index (κ3) is 7.35. The first kappa shape index (κ1) is 28.5. The average molecular weight is 558 g/mol. The van der Waals surface area contributed by atoms with Gasteiger partial charge in [0.15, 0.2) is 9.84 Å². The highest BCUT2D eigenvalue weighted by Gasteiger charge is 2.22. The van der Waals surface area contributed by atoms with E-state index in [4.69, 9.17) is 9.47 Å². The van der Waals surface area contributed by atoms with E-state index in [1.807, 2.05) is 13.8 Å². The molecule has 1 aliphatic heterocycles. The Hall–Kier alpha value is -3.47. The second kappa shape index (κ2) is 12.1. The third-order valence-electron chi connectivity index (χ3n) is 6.45. The summed E-state index contributed by atoms with van der Waals surface area (Å²) in [5, 5.41) is 20.5. The molecule has 208 valence electrons. The van der Waals surface area contributed by atoms with Gasteiger partial charge < -0.3 is 19.7 Å². The molecule has 0 bridgehead atoms. The van der Waals surface area contributed by atoms with Gasteiger partial charge in [0, 0.05) is 25.2 Å². The van der Waals surface area contributed by atoms with Crippen LogP contribution in [0.15, 0.2) is 65.6 Å². The number of carbonyl (C=O) groups is 1. The number of hydrogen-bond acceptors (Lipinski definition) is 8. The summed E-state index contributed by atoms with van der Waals surface area (Å²) in [5.41, 5.74) is 0.736. The van der Waals surface area contributed by atoms with Gasteiger partial charge in [-0.05, 0) is 73.9 Å². The molecule has 3 aromatic rings. The van der Waals surface area contributed by atoms with Gasteiger partial charge >= 0.3 is 5.97 Å². The fourth-order valence-electron chi connectivity index (χ4n) is 4.74. The van der Waals surface area contributed by atoms with Gasteiger partial charge in [0.25, 0.3) is 0 Å². The van der Waals surface area contributed by atoms with Crippen LogP contribution in [0.25, 0.3) is 11.1 Å². The smallest absolute Gasteiger partial charge is 0.341 e. The van der Waals surface area contributed by atoms with Crippen molar-refractivity contribution < 1.29 is 37.3 Å². The largest absolute Gasteiger partial charge is 0.507 e. The first-order chi connectivity index (χ1) is 18.5. The lowest BCUT2D eigenvalue weighted by atomic mass is 10.0. The van der Waals surface area contributed by atoms with E-state index in [2.05, 4.69) is 4.90 Å². The fraction of sp³-hybridized carbons (Fsp3) is 0.345.